The Morgan fingerprint density at radius 1 is 1.48 bits per heavy atom. The molecule has 2 aromatic rings. The second-order valence-corrected chi connectivity index (χ2v) is 6.30. The largest absolute Gasteiger partial charge is 0.364 e. The molecule has 1 aromatic heterocycles. The van der Waals surface area contributed by atoms with Gasteiger partial charge in [0.1, 0.15) is 5.82 Å². The summed E-state index contributed by atoms with van der Waals surface area (Å²) in [6.07, 6.45) is 0. The third-order valence-electron chi connectivity index (χ3n) is 2.40. The molecule has 0 atom stereocenters. The van der Waals surface area contributed by atoms with Crippen LogP contribution in [0.5, 0.6) is 0 Å². The Hall–Kier alpha value is -2.13. The Labute approximate surface area is 155 Å². The minimum atomic E-state index is -4.60. The number of halogens is 2. The molecule has 0 unspecified atom stereocenters. The molecule has 2 rings (SSSR count). The van der Waals surface area contributed by atoms with Gasteiger partial charge in [0, 0.05) is 15.7 Å². The van der Waals surface area contributed by atoms with Crippen LogP contribution in [0.4, 0.5) is 15.9 Å². The van der Waals surface area contributed by atoms with Crippen molar-refractivity contribution in [2.24, 2.45) is 10.1 Å². The highest BCUT2D eigenvalue weighted by Gasteiger charge is 2.16. The Morgan fingerprint density at radius 2 is 2.24 bits per heavy atom. The molecule has 25 heavy (non-hydrogen) atoms. The molecule has 11 nitrogen and oxygen atoms in total. The Morgan fingerprint density at radius 3 is 2.88 bits per heavy atom. The lowest BCUT2D eigenvalue weighted by molar-refractivity contribution is 0.234. The zero-order valence-electron chi connectivity index (χ0n) is 16.0. The van der Waals surface area contributed by atoms with Gasteiger partial charge in [-0.2, -0.15) is 8.42 Å². The molecular weight excluding hydrogens is 425 g/mol. The van der Waals surface area contributed by atoms with Crippen LogP contribution in [0.2, 0.25) is 0 Å². The second-order valence-electron chi connectivity index (χ2n) is 4.15. The molecule has 0 aliphatic heterocycles. The molecule has 14 heteroatoms. The predicted molar refractivity (Wildman–Crippen MR) is 89.1 cm³/mol. The highest BCUT2D eigenvalue weighted by atomic mass is 79.9. The number of hydrogen-bond donors (Lipinski definition) is 5. The molecule has 6 N–H and O–H groups in total. The molecule has 0 spiro atoms. The average Bonchev–Trinajstić information content (AvgIpc) is 3.00. The van der Waals surface area contributed by atoms with E-state index < -0.39 is 46.4 Å². The number of nitrogens with zero attached hydrogens (tertiary/aromatic N) is 3. The van der Waals surface area contributed by atoms with E-state index in [0.717, 1.165) is 6.07 Å². The summed E-state index contributed by atoms with van der Waals surface area (Å²) in [5, 5.41) is 22.7. The lowest BCUT2D eigenvalue weighted by Gasteiger charge is -2.06. The molecule has 0 saturated carbocycles. The lowest BCUT2D eigenvalue weighted by Crippen LogP contribution is -2.34. The minimum Gasteiger partial charge on any atom is -0.364 e. The maximum absolute atomic E-state index is 13.3. The normalized spacial score (nSPS) is 15.8. The summed E-state index contributed by atoms with van der Waals surface area (Å²) in [7, 11) is -4.60. The fourth-order valence-electron chi connectivity index (χ4n) is 1.43. The number of nitrogens with two attached hydrogens (primary N) is 1. The highest BCUT2D eigenvalue weighted by Crippen LogP contribution is 2.23. The SMILES string of the molecule is [2H]C([2H])(Nc1nonc1C(=Nc1ccc(F)c(Br)c1)NO)C([2H])([2H])NS(N)(=O)=O. The van der Waals surface area contributed by atoms with Gasteiger partial charge in [-0.1, -0.05) is 0 Å². The molecule has 0 aliphatic rings. The van der Waals surface area contributed by atoms with Crippen molar-refractivity contribution in [3.63, 3.8) is 0 Å². The van der Waals surface area contributed by atoms with Crippen molar-refractivity contribution in [2.75, 3.05) is 18.3 Å². The van der Waals surface area contributed by atoms with Gasteiger partial charge in [0.15, 0.2) is 11.5 Å². The number of aliphatic imine (C=N–C) groups is 1. The maximum Gasteiger partial charge on any atom is 0.274 e. The van der Waals surface area contributed by atoms with E-state index in [2.05, 4.69) is 41.0 Å². The molecule has 0 saturated heterocycles. The van der Waals surface area contributed by atoms with Gasteiger partial charge in [0.25, 0.3) is 10.2 Å². The number of benzene rings is 1. The van der Waals surface area contributed by atoms with Crippen LogP contribution in [0.3, 0.4) is 0 Å². The number of amidine groups is 1. The van der Waals surface area contributed by atoms with E-state index in [4.69, 9.17) is 5.48 Å². The van der Waals surface area contributed by atoms with E-state index in [0.29, 0.717) is 0 Å². The summed E-state index contributed by atoms with van der Waals surface area (Å²) >= 11 is 2.96. The van der Waals surface area contributed by atoms with Gasteiger partial charge in [-0.05, 0) is 44.4 Å². The van der Waals surface area contributed by atoms with Gasteiger partial charge in [-0.3, -0.25) is 10.7 Å². The van der Waals surface area contributed by atoms with E-state index in [1.165, 1.54) is 16.9 Å². The predicted octanol–water partition coefficient (Wildman–Crippen LogP) is 0.233. The number of hydrogen-bond acceptors (Lipinski definition) is 8. The van der Waals surface area contributed by atoms with E-state index in [9.17, 15) is 18.0 Å². The van der Waals surface area contributed by atoms with E-state index in [1.807, 2.05) is 5.32 Å². The molecule has 136 valence electrons. The second kappa shape index (κ2) is 8.30. The van der Waals surface area contributed by atoms with Crippen molar-refractivity contribution >= 4 is 43.5 Å². The smallest absolute Gasteiger partial charge is 0.274 e. The highest BCUT2D eigenvalue weighted by molar-refractivity contribution is 9.10. The summed E-state index contributed by atoms with van der Waals surface area (Å²) in [6.45, 7) is -6.35. The van der Waals surface area contributed by atoms with Crippen LogP contribution in [0, 0.1) is 5.82 Å². The topological polar surface area (TPSA) is 168 Å². The van der Waals surface area contributed by atoms with Crippen LogP contribution in [-0.2, 0) is 10.2 Å². The van der Waals surface area contributed by atoms with Crippen molar-refractivity contribution in [3.05, 3.63) is 34.2 Å². The molecule has 0 amide bonds. The summed E-state index contributed by atoms with van der Waals surface area (Å²) in [5.74, 6) is -1.54. The van der Waals surface area contributed by atoms with Crippen LogP contribution < -0.4 is 20.7 Å². The quantitative estimate of drug-likeness (QED) is 0.231. The van der Waals surface area contributed by atoms with Gasteiger partial charge in [-0.15, -0.1) is 0 Å². The van der Waals surface area contributed by atoms with Crippen molar-refractivity contribution in [1.82, 2.24) is 20.5 Å². The van der Waals surface area contributed by atoms with Gasteiger partial charge < -0.3 is 5.32 Å². The number of hydroxylamine groups is 1. The van der Waals surface area contributed by atoms with E-state index in [1.54, 1.807) is 5.48 Å². The first kappa shape index (κ1) is 14.1. The molecule has 0 bridgehead atoms. The number of anilines is 1. The molecular formula is C11H13BrFN7O4S. The summed E-state index contributed by atoms with van der Waals surface area (Å²) in [4.78, 5) is 3.94. The molecule has 1 aromatic carbocycles. The van der Waals surface area contributed by atoms with Crippen LogP contribution in [0.25, 0.3) is 0 Å². The van der Waals surface area contributed by atoms with Crippen molar-refractivity contribution in [3.8, 4) is 0 Å². The Kier molecular flexibility index (Phi) is 4.68. The average molecular weight is 442 g/mol. The minimum absolute atomic E-state index is 0.0752. The first-order valence-electron chi connectivity index (χ1n) is 8.12. The maximum atomic E-state index is 13.3. The van der Waals surface area contributed by atoms with Gasteiger partial charge in [0.05, 0.1) is 12.9 Å². The molecule has 0 fully saturated rings. The molecule has 1 heterocycles. The standard InChI is InChI=1S/C11H13BrFN7O4S/c12-7-5-6(1-2-8(7)13)17-11(18-21)9-10(20-24-19-9)15-3-4-16-25(14,22)23/h1-2,5,16,21H,3-4H2,(H,15,20)(H,17,18)(H2,14,22,23)/i3D2,4D2. The van der Waals surface area contributed by atoms with Crippen LogP contribution >= 0.6 is 15.9 Å². The monoisotopic (exact) mass is 441 g/mol. The van der Waals surface area contributed by atoms with Gasteiger partial charge in [0.2, 0.25) is 5.82 Å². The zero-order chi connectivity index (χ0) is 22.0. The van der Waals surface area contributed by atoms with Crippen LogP contribution in [0.15, 0.2) is 32.3 Å². The van der Waals surface area contributed by atoms with Crippen molar-refractivity contribution in [2.45, 2.75) is 0 Å². The van der Waals surface area contributed by atoms with Crippen molar-refractivity contribution < 1.29 is 28.1 Å². The fourth-order valence-corrected chi connectivity index (χ4v) is 1.99. The van der Waals surface area contributed by atoms with E-state index >= 15 is 0 Å². The zero-order valence-corrected chi connectivity index (χ0v) is 14.4. The fraction of sp³-hybridized carbons (Fsp3) is 0.182. The Balaban J connectivity index is 2.38. The first-order valence-corrected chi connectivity index (χ1v) is 8.46. The number of rotatable bonds is 7. The lowest BCUT2D eigenvalue weighted by atomic mass is 10.3. The van der Waals surface area contributed by atoms with E-state index in [-0.39, 0.29) is 10.2 Å². The van der Waals surface area contributed by atoms with Crippen LogP contribution in [-0.4, -0.2) is 42.8 Å². The van der Waals surface area contributed by atoms with Gasteiger partial charge >= 0.3 is 0 Å². The Bertz CT molecular complexity index is 1040. The third kappa shape index (κ3) is 5.71. The molecule has 0 aliphatic carbocycles. The summed E-state index contributed by atoms with van der Waals surface area (Å²) in [6, 6.07) is 3.61. The summed E-state index contributed by atoms with van der Waals surface area (Å²) in [5.41, 5.74) is 1.42. The number of nitrogens with one attached hydrogen (secondary N) is 3. The number of aromatic nitrogens is 2. The van der Waals surface area contributed by atoms with Gasteiger partial charge in [-0.25, -0.2) is 23.9 Å². The van der Waals surface area contributed by atoms with Crippen molar-refractivity contribution in [1.29, 1.82) is 0 Å². The third-order valence-corrected chi connectivity index (χ3v) is 3.39. The van der Waals surface area contributed by atoms with Crippen LogP contribution in [0.1, 0.15) is 11.2 Å². The first-order chi connectivity index (χ1) is 13.3. The summed E-state index contributed by atoms with van der Waals surface area (Å²) < 4.78 is 72.0. The molecule has 0 radical (unpaired) electrons.